The van der Waals surface area contributed by atoms with Gasteiger partial charge in [0.25, 0.3) is 0 Å². The Morgan fingerprint density at radius 2 is 2.17 bits per heavy atom. The number of anilines is 2. The average Bonchev–Trinajstić information content (AvgIpc) is 2.90. The van der Waals surface area contributed by atoms with Gasteiger partial charge in [-0.05, 0) is 49.1 Å². The lowest BCUT2D eigenvalue weighted by atomic mass is 10.1. The van der Waals surface area contributed by atoms with Gasteiger partial charge in [0.2, 0.25) is 12.2 Å². The summed E-state index contributed by atoms with van der Waals surface area (Å²) in [6.45, 7) is 1.79. The molecule has 3 rings (SSSR count). The van der Waals surface area contributed by atoms with Crippen LogP contribution in [-0.2, 0) is 11.2 Å². The zero-order chi connectivity index (χ0) is 16.4. The minimum atomic E-state index is -0.452. The SMILES string of the molecule is Cc1ccc([N+](=O)[O-])c(Nc2ccc3c(c2)CC[C@@H]3NC=O)n1. The van der Waals surface area contributed by atoms with E-state index in [2.05, 4.69) is 15.6 Å². The van der Waals surface area contributed by atoms with Crippen molar-refractivity contribution in [3.05, 3.63) is 57.3 Å². The number of aromatic nitrogens is 1. The highest BCUT2D eigenvalue weighted by molar-refractivity contribution is 5.67. The van der Waals surface area contributed by atoms with Crippen molar-refractivity contribution < 1.29 is 9.72 Å². The number of nitrogens with one attached hydrogen (secondary N) is 2. The average molecular weight is 312 g/mol. The number of rotatable bonds is 5. The lowest BCUT2D eigenvalue weighted by Gasteiger charge is -2.12. The van der Waals surface area contributed by atoms with Crippen LogP contribution in [0, 0.1) is 17.0 Å². The van der Waals surface area contributed by atoms with E-state index in [0.29, 0.717) is 12.1 Å². The van der Waals surface area contributed by atoms with Gasteiger partial charge in [0.1, 0.15) is 0 Å². The van der Waals surface area contributed by atoms with E-state index in [1.54, 1.807) is 13.0 Å². The number of benzene rings is 1. The first kappa shape index (κ1) is 15.0. The summed E-state index contributed by atoms with van der Waals surface area (Å²) >= 11 is 0. The zero-order valence-corrected chi connectivity index (χ0v) is 12.6. The maximum atomic E-state index is 11.1. The topological polar surface area (TPSA) is 97.2 Å². The fraction of sp³-hybridized carbons (Fsp3) is 0.250. The minimum Gasteiger partial charge on any atom is -0.352 e. The molecular formula is C16H16N4O3. The summed E-state index contributed by atoms with van der Waals surface area (Å²) in [4.78, 5) is 25.5. The molecule has 1 amide bonds. The normalized spacial score (nSPS) is 15.8. The van der Waals surface area contributed by atoms with Crippen molar-refractivity contribution in [1.82, 2.24) is 10.3 Å². The number of aryl methyl sites for hydroxylation is 2. The van der Waals surface area contributed by atoms with Crippen LogP contribution in [0.15, 0.2) is 30.3 Å². The van der Waals surface area contributed by atoms with Crippen LogP contribution in [0.3, 0.4) is 0 Å². The maximum absolute atomic E-state index is 11.1. The van der Waals surface area contributed by atoms with E-state index in [0.717, 1.165) is 29.7 Å². The van der Waals surface area contributed by atoms with Crippen molar-refractivity contribution in [1.29, 1.82) is 0 Å². The molecule has 2 N–H and O–H groups in total. The van der Waals surface area contributed by atoms with Crippen molar-refractivity contribution in [3.8, 4) is 0 Å². The highest BCUT2D eigenvalue weighted by Crippen LogP contribution is 2.34. The van der Waals surface area contributed by atoms with Crippen molar-refractivity contribution in [2.45, 2.75) is 25.8 Å². The van der Waals surface area contributed by atoms with Crippen LogP contribution >= 0.6 is 0 Å². The molecule has 0 saturated heterocycles. The van der Waals surface area contributed by atoms with Gasteiger partial charge in [-0.25, -0.2) is 4.98 Å². The number of pyridine rings is 1. The molecular weight excluding hydrogens is 296 g/mol. The predicted octanol–water partition coefficient (Wildman–Crippen LogP) is 2.78. The monoisotopic (exact) mass is 312 g/mol. The Kier molecular flexibility index (Phi) is 3.92. The second-order valence-electron chi connectivity index (χ2n) is 5.49. The Morgan fingerprint density at radius 1 is 1.35 bits per heavy atom. The fourth-order valence-corrected chi connectivity index (χ4v) is 2.88. The third-order valence-corrected chi connectivity index (χ3v) is 3.96. The Labute approximate surface area is 132 Å². The van der Waals surface area contributed by atoms with E-state index in [9.17, 15) is 14.9 Å². The molecule has 23 heavy (non-hydrogen) atoms. The molecule has 0 radical (unpaired) electrons. The van der Waals surface area contributed by atoms with Gasteiger partial charge in [0.15, 0.2) is 0 Å². The first-order chi connectivity index (χ1) is 11.1. The number of nitro groups is 1. The van der Waals surface area contributed by atoms with E-state index in [1.807, 2.05) is 18.2 Å². The molecule has 1 aromatic carbocycles. The Hall–Kier alpha value is -2.96. The molecule has 0 aliphatic heterocycles. The molecule has 0 saturated carbocycles. The van der Waals surface area contributed by atoms with Crippen LogP contribution in [0.4, 0.5) is 17.2 Å². The molecule has 0 bridgehead atoms. The van der Waals surface area contributed by atoms with Gasteiger partial charge in [-0.1, -0.05) is 6.07 Å². The van der Waals surface area contributed by atoms with Crippen molar-refractivity contribution in [2.24, 2.45) is 0 Å². The third-order valence-electron chi connectivity index (χ3n) is 3.96. The van der Waals surface area contributed by atoms with Gasteiger partial charge < -0.3 is 10.6 Å². The number of nitrogens with zero attached hydrogens (tertiary/aromatic N) is 2. The molecule has 1 aromatic heterocycles. The number of fused-ring (bicyclic) bond motifs is 1. The Bertz CT molecular complexity index is 776. The molecule has 2 aromatic rings. The third kappa shape index (κ3) is 2.98. The Morgan fingerprint density at radius 3 is 2.91 bits per heavy atom. The number of hydrogen-bond donors (Lipinski definition) is 2. The van der Waals surface area contributed by atoms with Gasteiger partial charge in [0.05, 0.1) is 11.0 Å². The molecule has 0 fully saturated rings. The van der Waals surface area contributed by atoms with Crippen molar-refractivity contribution >= 4 is 23.6 Å². The van der Waals surface area contributed by atoms with Gasteiger partial charge in [0, 0.05) is 17.4 Å². The summed E-state index contributed by atoms with van der Waals surface area (Å²) in [5.74, 6) is 0.232. The second-order valence-corrected chi connectivity index (χ2v) is 5.49. The minimum absolute atomic E-state index is 0.0444. The first-order valence-corrected chi connectivity index (χ1v) is 7.30. The number of carbonyl (C=O) groups excluding carboxylic acids is 1. The van der Waals surface area contributed by atoms with E-state index >= 15 is 0 Å². The molecule has 7 heteroatoms. The van der Waals surface area contributed by atoms with Gasteiger partial charge in [-0.2, -0.15) is 0 Å². The van der Waals surface area contributed by atoms with Crippen LogP contribution in [0.25, 0.3) is 0 Å². The van der Waals surface area contributed by atoms with Crippen LogP contribution in [0.2, 0.25) is 0 Å². The summed E-state index contributed by atoms with van der Waals surface area (Å²) in [5.41, 5.74) is 3.61. The summed E-state index contributed by atoms with van der Waals surface area (Å²) in [6.07, 6.45) is 2.44. The van der Waals surface area contributed by atoms with Gasteiger partial charge in [-0.3, -0.25) is 14.9 Å². The fourth-order valence-electron chi connectivity index (χ4n) is 2.88. The Balaban J connectivity index is 1.89. The van der Waals surface area contributed by atoms with Crippen LogP contribution in [0.1, 0.15) is 29.3 Å². The molecule has 1 heterocycles. The maximum Gasteiger partial charge on any atom is 0.311 e. The van der Waals surface area contributed by atoms with Gasteiger partial charge in [-0.15, -0.1) is 0 Å². The smallest absolute Gasteiger partial charge is 0.311 e. The second kappa shape index (κ2) is 6.04. The van der Waals surface area contributed by atoms with E-state index in [1.165, 1.54) is 6.07 Å². The number of hydrogen-bond acceptors (Lipinski definition) is 5. The number of amides is 1. The van der Waals surface area contributed by atoms with Crippen LogP contribution in [-0.4, -0.2) is 16.3 Å². The lowest BCUT2D eigenvalue weighted by Crippen LogP contribution is -2.16. The molecule has 1 aliphatic rings. The van der Waals surface area contributed by atoms with E-state index in [-0.39, 0.29) is 17.5 Å². The molecule has 1 aliphatic carbocycles. The van der Waals surface area contributed by atoms with Crippen molar-refractivity contribution in [3.63, 3.8) is 0 Å². The molecule has 7 nitrogen and oxygen atoms in total. The molecule has 0 spiro atoms. The molecule has 1 atom stereocenters. The standard InChI is InChI=1S/C16H16N4O3/c1-10-2-7-15(20(22)23)16(18-10)19-12-4-5-13-11(8-12)3-6-14(13)17-9-21/h2,4-5,7-9,14H,3,6H2,1H3,(H,17,21)(H,18,19)/t14-/m0/s1. The lowest BCUT2D eigenvalue weighted by molar-refractivity contribution is -0.384. The molecule has 0 unspecified atom stereocenters. The quantitative estimate of drug-likeness (QED) is 0.502. The summed E-state index contributed by atoms with van der Waals surface area (Å²) in [7, 11) is 0. The first-order valence-electron chi connectivity index (χ1n) is 7.30. The van der Waals surface area contributed by atoms with Crippen molar-refractivity contribution in [2.75, 3.05) is 5.32 Å². The van der Waals surface area contributed by atoms with E-state index < -0.39 is 4.92 Å². The largest absolute Gasteiger partial charge is 0.352 e. The summed E-state index contributed by atoms with van der Waals surface area (Å²) in [6, 6.07) is 8.84. The predicted molar refractivity (Wildman–Crippen MR) is 85.6 cm³/mol. The number of carbonyl (C=O) groups is 1. The zero-order valence-electron chi connectivity index (χ0n) is 12.6. The highest BCUT2D eigenvalue weighted by atomic mass is 16.6. The summed E-state index contributed by atoms with van der Waals surface area (Å²) < 4.78 is 0. The van der Waals surface area contributed by atoms with Crippen LogP contribution in [0.5, 0.6) is 0 Å². The van der Waals surface area contributed by atoms with Gasteiger partial charge >= 0.3 is 5.69 Å². The highest BCUT2D eigenvalue weighted by Gasteiger charge is 2.22. The van der Waals surface area contributed by atoms with Crippen LogP contribution < -0.4 is 10.6 Å². The van der Waals surface area contributed by atoms with E-state index in [4.69, 9.17) is 0 Å². The molecule has 118 valence electrons. The summed E-state index contributed by atoms with van der Waals surface area (Å²) in [5, 5.41) is 16.9.